The summed E-state index contributed by atoms with van der Waals surface area (Å²) >= 11 is 0. The Bertz CT molecular complexity index is 1520. The van der Waals surface area contributed by atoms with E-state index in [-0.39, 0.29) is 65.9 Å². The minimum Gasteiger partial charge on any atom is -1.00 e. The summed E-state index contributed by atoms with van der Waals surface area (Å²) in [5.41, 5.74) is 1.56. The number of benzene rings is 2. The van der Waals surface area contributed by atoms with Gasteiger partial charge < -0.3 is 12.1 Å². The SMILES string of the molecule is CCC(=O)NS(=O)(=O)c1cccc(Nc2ncc(F)c(Nc3ccc(CNS(=O)(=O)C4CC4)cc3)n2)c1.[H-].[Na+]. The number of hydrogen-bond donors (Lipinski definition) is 4. The summed E-state index contributed by atoms with van der Waals surface area (Å²) in [6, 6.07) is 12.4. The summed E-state index contributed by atoms with van der Waals surface area (Å²) in [7, 11) is -7.34. The van der Waals surface area contributed by atoms with Gasteiger partial charge in [-0.1, -0.05) is 25.1 Å². The fourth-order valence-corrected chi connectivity index (χ4v) is 5.65. The van der Waals surface area contributed by atoms with E-state index in [1.54, 1.807) is 30.3 Å². The van der Waals surface area contributed by atoms with Crippen molar-refractivity contribution >= 4 is 49.1 Å². The maximum absolute atomic E-state index is 14.4. The van der Waals surface area contributed by atoms with Crippen LogP contribution in [0.25, 0.3) is 0 Å². The van der Waals surface area contributed by atoms with Crippen molar-refractivity contribution in [2.24, 2.45) is 0 Å². The fourth-order valence-electron chi connectivity index (χ4n) is 3.19. The van der Waals surface area contributed by atoms with Crippen molar-refractivity contribution in [1.29, 1.82) is 0 Å². The van der Waals surface area contributed by atoms with Crippen molar-refractivity contribution in [3.63, 3.8) is 0 Å². The second-order valence-corrected chi connectivity index (χ2v) is 12.0. The monoisotopic (exact) mass is 572 g/mol. The first-order valence-corrected chi connectivity index (χ1v) is 14.4. The number of sulfonamides is 2. The Labute approximate surface area is 243 Å². The van der Waals surface area contributed by atoms with Gasteiger partial charge in [-0.3, -0.25) is 4.79 Å². The first-order valence-electron chi connectivity index (χ1n) is 11.4. The van der Waals surface area contributed by atoms with Gasteiger partial charge in [0.1, 0.15) is 0 Å². The average molecular weight is 573 g/mol. The van der Waals surface area contributed by atoms with E-state index < -0.39 is 31.8 Å². The summed E-state index contributed by atoms with van der Waals surface area (Å²) < 4.78 is 67.6. The molecular formula is C23H26FN6NaO5S2. The van der Waals surface area contributed by atoms with Crippen LogP contribution in [0.1, 0.15) is 33.2 Å². The summed E-state index contributed by atoms with van der Waals surface area (Å²) in [5, 5.41) is 5.36. The van der Waals surface area contributed by atoms with Crippen LogP contribution in [0, 0.1) is 5.82 Å². The average Bonchev–Trinajstić information content (AvgIpc) is 3.72. The molecule has 3 aromatic rings. The van der Waals surface area contributed by atoms with Crippen LogP contribution in [-0.4, -0.2) is 38.0 Å². The number of nitrogens with zero attached hydrogens (tertiary/aromatic N) is 2. The third kappa shape index (κ3) is 7.94. The van der Waals surface area contributed by atoms with E-state index in [0.717, 1.165) is 11.8 Å². The minimum absolute atomic E-state index is 0. The maximum Gasteiger partial charge on any atom is 1.00 e. The molecule has 4 rings (SSSR count). The molecular weight excluding hydrogens is 546 g/mol. The largest absolute Gasteiger partial charge is 1.00 e. The fraction of sp³-hybridized carbons (Fsp3) is 0.261. The molecule has 0 unspecified atom stereocenters. The van der Waals surface area contributed by atoms with E-state index in [2.05, 4.69) is 25.3 Å². The Hall–Kier alpha value is -2.62. The molecule has 0 radical (unpaired) electrons. The molecule has 1 aliphatic carbocycles. The van der Waals surface area contributed by atoms with Gasteiger partial charge in [0.15, 0.2) is 11.6 Å². The second-order valence-electron chi connectivity index (χ2n) is 8.31. The first-order chi connectivity index (χ1) is 17.6. The number of halogens is 1. The minimum atomic E-state index is -4.05. The van der Waals surface area contributed by atoms with Crippen LogP contribution in [-0.2, 0) is 31.4 Å². The molecule has 1 aromatic heterocycles. The molecule has 0 aliphatic heterocycles. The van der Waals surface area contributed by atoms with Crippen LogP contribution in [0.2, 0.25) is 0 Å². The summed E-state index contributed by atoms with van der Waals surface area (Å²) in [6.07, 6.45) is 2.33. The zero-order valence-corrected chi connectivity index (χ0v) is 24.4. The third-order valence-corrected chi connectivity index (χ3v) is 8.64. The van der Waals surface area contributed by atoms with Crippen LogP contribution in [0.5, 0.6) is 0 Å². The van der Waals surface area contributed by atoms with E-state index in [0.29, 0.717) is 24.2 Å². The van der Waals surface area contributed by atoms with Crippen LogP contribution in [0.3, 0.4) is 0 Å². The van der Waals surface area contributed by atoms with Crippen LogP contribution >= 0.6 is 0 Å². The number of carbonyl (C=O) groups is 1. The van der Waals surface area contributed by atoms with E-state index in [4.69, 9.17) is 0 Å². The van der Waals surface area contributed by atoms with Crippen LogP contribution in [0.15, 0.2) is 59.6 Å². The predicted octanol–water partition coefficient (Wildman–Crippen LogP) is 0.0161. The molecule has 15 heteroatoms. The Kier molecular flexibility index (Phi) is 9.84. The Balaban J connectivity index is 0.00000267. The normalized spacial score (nSPS) is 13.3. The number of nitrogens with one attached hydrogen (secondary N) is 4. The van der Waals surface area contributed by atoms with Gasteiger partial charge in [-0.05, 0) is 48.7 Å². The van der Waals surface area contributed by atoms with Crippen molar-refractivity contribution in [2.45, 2.75) is 42.9 Å². The summed E-state index contributed by atoms with van der Waals surface area (Å²) in [4.78, 5) is 19.4. The van der Waals surface area contributed by atoms with Crippen molar-refractivity contribution in [1.82, 2.24) is 19.4 Å². The van der Waals surface area contributed by atoms with Gasteiger partial charge in [0.2, 0.25) is 21.9 Å². The number of amides is 1. The van der Waals surface area contributed by atoms with Gasteiger partial charge in [-0.2, -0.15) is 4.98 Å². The first kappa shape index (κ1) is 29.9. The van der Waals surface area contributed by atoms with Gasteiger partial charge in [0.05, 0.1) is 16.3 Å². The molecule has 0 saturated heterocycles. The van der Waals surface area contributed by atoms with Crippen molar-refractivity contribution < 1.29 is 57.0 Å². The van der Waals surface area contributed by atoms with Crippen molar-refractivity contribution in [3.05, 3.63) is 66.1 Å². The van der Waals surface area contributed by atoms with E-state index in [1.165, 1.54) is 25.1 Å². The summed E-state index contributed by atoms with van der Waals surface area (Å²) in [6.45, 7) is 1.69. The zero-order valence-electron chi connectivity index (χ0n) is 21.7. The maximum atomic E-state index is 14.4. The van der Waals surface area contributed by atoms with Gasteiger partial charge in [-0.25, -0.2) is 35.7 Å². The number of carbonyl (C=O) groups excluding carboxylic acids is 1. The number of rotatable bonds is 11. The molecule has 1 saturated carbocycles. The van der Waals surface area contributed by atoms with E-state index >= 15 is 0 Å². The Morgan fingerprint density at radius 2 is 1.76 bits per heavy atom. The summed E-state index contributed by atoms with van der Waals surface area (Å²) in [5.74, 6) is -1.48. The van der Waals surface area contributed by atoms with Gasteiger partial charge in [0, 0.05) is 24.3 Å². The quantitative estimate of drug-likeness (QED) is 0.232. The molecule has 1 aliphatic rings. The zero-order chi connectivity index (χ0) is 26.6. The molecule has 0 spiro atoms. The molecule has 0 bridgehead atoms. The van der Waals surface area contributed by atoms with Crippen molar-refractivity contribution in [2.75, 3.05) is 10.6 Å². The van der Waals surface area contributed by atoms with Gasteiger partial charge in [0.25, 0.3) is 10.0 Å². The molecule has 1 amide bonds. The standard InChI is InChI=1S/C23H25FN6O5S2.Na.H/c1-2-21(31)30-37(34,35)19-5-3-4-17(12-19)28-23-25-14-20(24)22(29-23)27-16-8-6-15(7-9-16)13-26-36(32,33)18-10-11-18;;/h3-9,12,14,18,26H,2,10-11,13H2,1H3,(H,30,31)(H2,25,27,28,29);;/q;+1;-1. The molecule has 11 nitrogen and oxygen atoms in total. The molecule has 1 heterocycles. The van der Waals surface area contributed by atoms with Gasteiger partial charge >= 0.3 is 29.6 Å². The number of anilines is 4. The topological polar surface area (TPSA) is 159 Å². The molecule has 0 atom stereocenters. The predicted molar refractivity (Wildman–Crippen MR) is 137 cm³/mol. The number of hydrogen-bond acceptors (Lipinski definition) is 9. The molecule has 2 aromatic carbocycles. The number of aromatic nitrogens is 2. The molecule has 1 fully saturated rings. The molecule has 38 heavy (non-hydrogen) atoms. The van der Waals surface area contributed by atoms with Crippen LogP contribution in [0.4, 0.5) is 27.5 Å². The molecule has 198 valence electrons. The van der Waals surface area contributed by atoms with Crippen LogP contribution < -0.4 is 49.6 Å². The van der Waals surface area contributed by atoms with E-state index in [1.807, 2.05) is 4.72 Å². The Morgan fingerprint density at radius 1 is 1.05 bits per heavy atom. The molecule has 4 N–H and O–H groups in total. The smallest absolute Gasteiger partial charge is 1.00 e. The van der Waals surface area contributed by atoms with E-state index in [9.17, 15) is 26.0 Å². The van der Waals surface area contributed by atoms with Gasteiger partial charge in [-0.15, -0.1) is 0 Å². The van der Waals surface area contributed by atoms with Crippen molar-refractivity contribution in [3.8, 4) is 0 Å². The Morgan fingerprint density at radius 3 is 2.42 bits per heavy atom. The third-order valence-electron chi connectivity index (χ3n) is 5.37. The second kappa shape index (κ2) is 12.5.